The van der Waals surface area contributed by atoms with Crippen LogP contribution < -0.4 is 10.2 Å². The number of hydrogen-bond donors (Lipinski definition) is 1. The minimum atomic E-state index is -0.322. The zero-order valence-electron chi connectivity index (χ0n) is 15.0. The maximum atomic E-state index is 12.3. The van der Waals surface area contributed by atoms with Crippen molar-refractivity contribution >= 4 is 23.4 Å². The van der Waals surface area contributed by atoms with Crippen LogP contribution in [0.3, 0.4) is 0 Å². The number of benzene rings is 2. The summed E-state index contributed by atoms with van der Waals surface area (Å²) in [4.78, 5) is 40.1. The lowest BCUT2D eigenvalue weighted by Gasteiger charge is -2.19. The Balaban J connectivity index is 1.24. The quantitative estimate of drug-likeness (QED) is 0.796. The van der Waals surface area contributed by atoms with Gasteiger partial charge < -0.3 is 10.2 Å². The first-order valence-electron chi connectivity index (χ1n) is 9.20. The van der Waals surface area contributed by atoms with Crippen molar-refractivity contribution in [3.8, 4) is 0 Å². The topological polar surface area (TPSA) is 69.7 Å². The van der Waals surface area contributed by atoms with Crippen molar-refractivity contribution < 1.29 is 14.4 Å². The van der Waals surface area contributed by atoms with Crippen LogP contribution in [0.1, 0.15) is 32.7 Å². The number of imide groups is 1. The Kier molecular flexibility index (Phi) is 4.62. The molecule has 1 N–H and O–H groups in total. The summed E-state index contributed by atoms with van der Waals surface area (Å²) < 4.78 is 0. The number of para-hydroxylation sites is 1. The predicted octanol–water partition coefficient (Wildman–Crippen LogP) is 1.85. The Hall–Kier alpha value is -3.15. The van der Waals surface area contributed by atoms with Gasteiger partial charge in [-0.15, -0.1) is 0 Å². The summed E-state index contributed by atoms with van der Waals surface area (Å²) in [6.45, 7) is 2.35. The number of amides is 3. The van der Waals surface area contributed by atoms with Crippen LogP contribution in [-0.4, -0.2) is 48.8 Å². The molecule has 2 heterocycles. The number of anilines is 1. The van der Waals surface area contributed by atoms with Gasteiger partial charge >= 0.3 is 0 Å². The van der Waals surface area contributed by atoms with Gasteiger partial charge in [-0.1, -0.05) is 30.3 Å². The molecule has 0 bridgehead atoms. The van der Waals surface area contributed by atoms with E-state index in [-0.39, 0.29) is 30.7 Å². The average Bonchev–Trinajstić information content (AvgIpc) is 3.20. The number of fused-ring (bicyclic) bond motifs is 2. The second-order valence-electron chi connectivity index (χ2n) is 6.77. The van der Waals surface area contributed by atoms with Gasteiger partial charge in [0.05, 0.1) is 11.1 Å². The molecule has 0 aliphatic carbocycles. The van der Waals surface area contributed by atoms with Crippen LogP contribution in [0.5, 0.6) is 0 Å². The summed E-state index contributed by atoms with van der Waals surface area (Å²) in [5, 5.41) is 2.89. The highest BCUT2D eigenvalue weighted by atomic mass is 16.2. The lowest BCUT2D eigenvalue weighted by Crippen LogP contribution is -2.37. The molecule has 27 heavy (non-hydrogen) atoms. The van der Waals surface area contributed by atoms with Crippen LogP contribution in [0.25, 0.3) is 0 Å². The van der Waals surface area contributed by atoms with Crippen molar-refractivity contribution in [1.29, 1.82) is 0 Å². The fourth-order valence-electron chi connectivity index (χ4n) is 3.71. The smallest absolute Gasteiger partial charge is 0.261 e. The van der Waals surface area contributed by atoms with Gasteiger partial charge in [-0.05, 0) is 30.2 Å². The molecular weight excluding hydrogens is 342 g/mol. The molecule has 0 spiro atoms. The third kappa shape index (κ3) is 3.30. The van der Waals surface area contributed by atoms with E-state index in [1.807, 2.05) is 12.1 Å². The van der Waals surface area contributed by atoms with Gasteiger partial charge in [-0.3, -0.25) is 19.3 Å². The summed E-state index contributed by atoms with van der Waals surface area (Å²) in [6, 6.07) is 15.1. The molecule has 6 heteroatoms. The van der Waals surface area contributed by atoms with Gasteiger partial charge in [-0.2, -0.15) is 0 Å². The molecule has 0 atom stereocenters. The SMILES string of the molecule is O=C(CCN1C(=O)c2ccccc2C1=O)NCCN1CCc2ccccc21. The largest absolute Gasteiger partial charge is 0.369 e. The van der Waals surface area contributed by atoms with E-state index in [0.717, 1.165) is 24.4 Å². The van der Waals surface area contributed by atoms with E-state index in [9.17, 15) is 14.4 Å². The standard InChI is InChI=1S/C21H21N3O3/c25-19(22-11-14-23-12-9-15-5-1-4-8-18(15)23)10-13-24-20(26)16-6-2-3-7-17(16)21(24)27/h1-8H,9-14H2,(H,22,25). The monoisotopic (exact) mass is 363 g/mol. The summed E-state index contributed by atoms with van der Waals surface area (Å²) in [7, 11) is 0. The summed E-state index contributed by atoms with van der Waals surface area (Å²) in [5.41, 5.74) is 3.40. The predicted molar refractivity (Wildman–Crippen MR) is 102 cm³/mol. The summed E-state index contributed by atoms with van der Waals surface area (Å²) in [5.74, 6) is -0.798. The Morgan fingerprint density at radius 1 is 0.926 bits per heavy atom. The van der Waals surface area contributed by atoms with Crippen LogP contribution in [0.2, 0.25) is 0 Å². The second-order valence-corrected chi connectivity index (χ2v) is 6.77. The highest BCUT2D eigenvalue weighted by molar-refractivity contribution is 6.21. The van der Waals surface area contributed by atoms with Gasteiger partial charge in [0.15, 0.2) is 0 Å². The molecule has 6 nitrogen and oxygen atoms in total. The second kappa shape index (κ2) is 7.23. The van der Waals surface area contributed by atoms with Gasteiger partial charge in [0, 0.05) is 38.3 Å². The number of rotatable bonds is 6. The van der Waals surface area contributed by atoms with E-state index < -0.39 is 0 Å². The third-order valence-electron chi connectivity index (χ3n) is 5.13. The molecule has 2 aromatic rings. The zero-order valence-corrected chi connectivity index (χ0v) is 15.0. The molecule has 2 aliphatic rings. The first-order valence-corrected chi connectivity index (χ1v) is 9.20. The molecule has 138 valence electrons. The lowest BCUT2D eigenvalue weighted by molar-refractivity contribution is -0.121. The Labute approximate surface area is 157 Å². The number of carbonyl (C=O) groups excluding carboxylic acids is 3. The lowest BCUT2D eigenvalue weighted by atomic mass is 10.1. The van der Waals surface area contributed by atoms with Crippen molar-refractivity contribution in [2.75, 3.05) is 31.1 Å². The molecule has 0 aromatic heterocycles. The third-order valence-corrected chi connectivity index (χ3v) is 5.13. The minimum absolute atomic E-state index is 0.102. The Morgan fingerprint density at radius 2 is 1.59 bits per heavy atom. The highest BCUT2D eigenvalue weighted by Crippen LogP contribution is 2.26. The zero-order chi connectivity index (χ0) is 18.8. The van der Waals surface area contributed by atoms with E-state index in [4.69, 9.17) is 0 Å². The molecule has 3 amide bonds. The number of hydrogen-bond acceptors (Lipinski definition) is 4. The van der Waals surface area contributed by atoms with Crippen molar-refractivity contribution in [3.05, 3.63) is 65.2 Å². The molecule has 0 saturated carbocycles. The molecule has 0 saturated heterocycles. The van der Waals surface area contributed by atoms with Crippen molar-refractivity contribution in [3.63, 3.8) is 0 Å². The van der Waals surface area contributed by atoms with Crippen LogP contribution in [-0.2, 0) is 11.2 Å². The van der Waals surface area contributed by atoms with Crippen LogP contribution in [0, 0.1) is 0 Å². The maximum Gasteiger partial charge on any atom is 0.261 e. The van der Waals surface area contributed by atoms with Gasteiger partial charge in [0.1, 0.15) is 0 Å². The molecule has 0 radical (unpaired) electrons. The molecule has 0 unspecified atom stereocenters. The first kappa shape index (κ1) is 17.3. The van der Waals surface area contributed by atoms with Crippen molar-refractivity contribution in [2.24, 2.45) is 0 Å². The highest BCUT2D eigenvalue weighted by Gasteiger charge is 2.34. The van der Waals surface area contributed by atoms with Gasteiger partial charge in [-0.25, -0.2) is 0 Å². The molecule has 2 aromatic carbocycles. The van der Waals surface area contributed by atoms with Crippen LogP contribution >= 0.6 is 0 Å². The molecule has 0 fully saturated rings. The molecule has 2 aliphatic heterocycles. The molecule has 4 rings (SSSR count). The van der Waals surface area contributed by atoms with Crippen LogP contribution in [0.15, 0.2) is 48.5 Å². The fourth-order valence-corrected chi connectivity index (χ4v) is 3.71. The van der Waals surface area contributed by atoms with Crippen LogP contribution in [0.4, 0.5) is 5.69 Å². The van der Waals surface area contributed by atoms with E-state index >= 15 is 0 Å². The van der Waals surface area contributed by atoms with Gasteiger partial charge in [0.2, 0.25) is 5.91 Å². The number of carbonyl (C=O) groups is 3. The van der Waals surface area contributed by atoms with Gasteiger partial charge in [0.25, 0.3) is 11.8 Å². The van der Waals surface area contributed by atoms with Crippen molar-refractivity contribution in [1.82, 2.24) is 10.2 Å². The first-order chi connectivity index (χ1) is 13.1. The normalized spacial score (nSPS) is 15.1. The number of nitrogens with zero attached hydrogens (tertiary/aromatic N) is 2. The fraction of sp³-hybridized carbons (Fsp3) is 0.286. The van der Waals surface area contributed by atoms with E-state index in [2.05, 4.69) is 22.3 Å². The molecular formula is C21H21N3O3. The average molecular weight is 363 g/mol. The minimum Gasteiger partial charge on any atom is -0.369 e. The number of nitrogens with one attached hydrogen (secondary N) is 1. The maximum absolute atomic E-state index is 12.3. The Bertz CT molecular complexity index is 874. The van der Waals surface area contributed by atoms with Crippen molar-refractivity contribution in [2.45, 2.75) is 12.8 Å². The van der Waals surface area contributed by atoms with E-state index in [1.54, 1.807) is 24.3 Å². The summed E-state index contributed by atoms with van der Waals surface area (Å²) in [6.07, 6.45) is 1.14. The Morgan fingerprint density at radius 3 is 2.33 bits per heavy atom. The van der Waals surface area contributed by atoms with E-state index in [1.165, 1.54) is 11.3 Å². The summed E-state index contributed by atoms with van der Waals surface area (Å²) >= 11 is 0. The van der Waals surface area contributed by atoms with E-state index in [0.29, 0.717) is 17.7 Å².